The zero-order valence-electron chi connectivity index (χ0n) is 7.76. The quantitative estimate of drug-likeness (QED) is 0.724. The molecule has 2 rings (SSSR count). The van der Waals surface area contributed by atoms with Crippen LogP contribution in [0.4, 0.5) is 0 Å². The molecule has 0 atom stereocenters. The predicted molar refractivity (Wildman–Crippen MR) is 55.6 cm³/mol. The van der Waals surface area contributed by atoms with Gasteiger partial charge in [-0.3, -0.25) is 0 Å². The third-order valence-corrected chi connectivity index (χ3v) is 2.22. The van der Waals surface area contributed by atoms with E-state index >= 15 is 0 Å². The lowest BCUT2D eigenvalue weighted by Gasteiger charge is -2.02. The average molecular weight is 219 g/mol. The highest BCUT2D eigenvalue weighted by molar-refractivity contribution is 6.16. The average Bonchev–Trinajstić information content (AvgIpc) is 2.77. The summed E-state index contributed by atoms with van der Waals surface area (Å²) in [4.78, 5) is 4.01. The topological polar surface area (TPSA) is 54.5 Å². The molecule has 15 heavy (non-hydrogen) atoms. The highest BCUT2D eigenvalue weighted by atomic mass is 35.5. The molecule has 0 spiro atoms. The third kappa shape index (κ3) is 1.83. The monoisotopic (exact) mass is 218 g/mol. The Bertz CT molecular complexity index is 495. The molecule has 5 heteroatoms. The largest absolute Gasteiger partial charge is 0.218 e. The summed E-state index contributed by atoms with van der Waals surface area (Å²) in [6.45, 7) is 0. The molecule has 0 aliphatic carbocycles. The van der Waals surface area contributed by atoms with Gasteiger partial charge in [-0.05, 0) is 24.3 Å². The van der Waals surface area contributed by atoms with Gasteiger partial charge in [0.2, 0.25) is 0 Å². The van der Waals surface area contributed by atoms with Gasteiger partial charge in [0.05, 0.1) is 23.2 Å². The lowest BCUT2D eigenvalue weighted by Crippen LogP contribution is -2.00. The molecule has 2 aromatic rings. The van der Waals surface area contributed by atoms with Crippen molar-refractivity contribution in [2.24, 2.45) is 0 Å². The van der Waals surface area contributed by atoms with Crippen molar-refractivity contribution in [3.05, 3.63) is 42.0 Å². The van der Waals surface area contributed by atoms with Crippen LogP contribution < -0.4 is 0 Å². The summed E-state index contributed by atoms with van der Waals surface area (Å²) in [6, 6.07) is 9.14. The predicted octanol–water partition coefficient (Wildman–Crippen LogP) is 1.88. The smallest absolute Gasteiger partial charge is 0.147 e. The summed E-state index contributed by atoms with van der Waals surface area (Å²) >= 11 is 5.71. The zero-order chi connectivity index (χ0) is 10.7. The summed E-state index contributed by atoms with van der Waals surface area (Å²) < 4.78 is 1.65. The van der Waals surface area contributed by atoms with Crippen molar-refractivity contribution in [1.29, 1.82) is 5.26 Å². The summed E-state index contributed by atoms with van der Waals surface area (Å²) in [5, 5.41) is 12.7. The highest BCUT2D eigenvalue weighted by Gasteiger charge is 2.04. The van der Waals surface area contributed by atoms with Crippen molar-refractivity contribution >= 4 is 11.6 Å². The second-order valence-electron chi connectivity index (χ2n) is 2.88. The molecule has 74 valence electrons. The summed E-state index contributed by atoms with van der Waals surface area (Å²) in [5.41, 5.74) is 1.47. The standard InChI is InChI=1S/C10H7ClN4/c11-5-10-13-7-14-15(10)9-3-1-8(6-12)2-4-9/h1-4,7H,5H2. The van der Waals surface area contributed by atoms with Crippen LogP contribution in [0.25, 0.3) is 5.69 Å². The van der Waals surface area contributed by atoms with E-state index in [0.29, 0.717) is 17.3 Å². The molecule has 1 aromatic carbocycles. The van der Waals surface area contributed by atoms with Crippen LogP contribution in [0.2, 0.25) is 0 Å². The van der Waals surface area contributed by atoms with Gasteiger partial charge in [-0.25, -0.2) is 9.67 Å². The van der Waals surface area contributed by atoms with Gasteiger partial charge >= 0.3 is 0 Å². The fraction of sp³-hybridized carbons (Fsp3) is 0.100. The van der Waals surface area contributed by atoms with Crippen molar-refractivity contribution < 1.29 is 0 Å². The summed E-state index contributed by atoms with van der Waals surface area (Å²) in [7, 11) is 0. The van der Waals surface area contributed by atoms with Gasteiger partial charge in [0.25, 0.3) is 0 Å². The SMILES string of the molecule is N#Cc1ccc(-n2ncnc2CCl)cc1. The van der Waals surface area contributed by atoms with Crippen molar-refractivity contribution in [3.63, 3.8) is 0 Å². The summed E-state index contributed by atoms with van der Waals surface area (Å²) in [6.07, 6.45) is 1.45. The molecule has 0 unspecified atom stereocenters. The molecule has 1 heterocycles. The van der Waals surface area contributed by atoms with Crippen LogP contribution >= 0.6 is 11.6 Å². The van der Waals surface area contributed by atoms with Crippen LogP contribution in [0.5, 0.6) is 0 Å². The summed E-state index contributed by atoms with van der Waals surface area (Å²) in [5.74, 6) is 0.987. The first-order chi connectivity index (χ1) is 7.35. The van der Waals surface area contributed by atoms with E-state index in [0.717, 1.165) is 5.69 Å². The van der Waals surface area contributed by atoms with Crippen molar-refractivity contribution in [2.45, 2.75) is 5.88 Å². The lowest BCUT2D eigenvalue weighted by atomic mass is 10.2. The number of halogens is 1. The molecule has 0 N–H and O–H groups in total. The Hall–Kier alpha value is -1.86. The number of aromatic nitrogens is 3. The minimum Gasteiger partial charge on any atom is -0.218 e. The van der Waals surface area contributed by atoms with Gasteiger partial charge in [-0.15, -0.1) is 11.6 Å². The van der Waals surface area contributed by atoms with Gasteiger partial charge in [-0.1, -0.05) is 0 Å². The molecule has 1 aromatic heterocycles. The maximum absolute atomic E-state index is 8.65. The van der Waals surface area contributed by atoms with Crippen molar-refractivity contribution in [1.82, 2.24) is 14.8 Å². The van der Waals surface area contributed by atoms with Crippen LogP contribution in [0.1, 0.15) is 11.4 Å². The van der Waals surface area contributed by atoms with E-state index in [4.69, 9.17) is 16.9 Å². The molecule has 0 saturated carbocycles. The van der Waals surface area contributed by atoms with Crippen LogP contribution in [-0.4, -0.2) is 14.8 Å². The second-order valence-corrected chi connectivity index (χ2v) is 3.15. The molecule has 0 aliphatic rings. The number of nitriles is 1. The molecule has 0 bridgehead atoms. The molecule has 0 amide bonds. The van der Waals surface area contributed by atoms with Gasteiger partial charge in [0, 0.05) is 0 Å². The maximum Gasteiger partial charge on any atom is 0.147 e. The van der Waals surface area contributed by atoms with E-state index in [1.807, 2.05) is 12.1 Å². The molecule has 0 fully saturated rings. The Labute approximate surface area is 91.7 Å². The van der Waals surface area contributed by atoms with Crippen LogP contribution in [0.3, 0.4) is 0 Å². The first-order valence-corrected chi connectivity index (χ1v) is 4.84. The van der Waals surface area contributed by atoms with Crippen LogP contribution in [0.15, 0.2) is 30.6 Å². The minimum atomic E-state index is 0.306. The molecular weight excluding hydrogens is 212 g/mol. The Kier molecular flexibility index (Phi) is 2.66. The molecule has 0 radical (unpaired) electrons. The van der Waals surface area contributed by atoms with Gasteiger partial charge < -0.3 is 0 Å². The number of rotatable bonds is 2. The Morgan fingerprint density at radius 3 is 2.67 bits per heavy atom. The normalized spacial score (nSPS) is 9.87. The second kappa shape index (κ2) is 4.11. The maximum atomic E-state index is 8.65. The van der Waals surface area contributed by atoms with E-state index in [2.05, 4.69) is 16.2 Å². The van der Waals surface area contributed by atoms with Gasteiger partial charge in [-0.2, -0.15) is 10.4 Å². The number of nitrogens with zero attached hydrogens (tertiary/aromatic N) is 4. The van der Waals surface area contributed by atoms with Crippen LogP contribution in [0, 0.1) is 11.3 Å². The first kappa shape index (κ1) is 9.69. The van der Waals surface area contributed by atoms with E-state index in [-0.39, 0.29) is 0 Å². The first-order valence-electron chi connectivity index (χ1n) is 4.30. The fourth-order valence-electron chi connectivity index (χ4n) is 1.25. The Morgan fingerprint density at radius 1 is 1.33 bits per heavy atom. The minimum absolute atomic E-state index is 0.306. The van der Waals surface area contributed by atoms with E-state index in [1.165, 1.54) is 6.33 Å². The molecule has 0 aliphatic heterocycles. The Balaban J connectivity index is 2.42. The molecule has 4 nitrogen and oxygen atoms in total. The lowest BCUT2D eigenvalue weighted by molar-refractivity contribution is 0.832. The van der Waals surface area contributed by atoms with Gasteiger partial charge in [0.15, 0.2) is 0 Å². The van der Waals surface area contributed by atoms with Gasteiger partial charge in [0.1, 0.15) is 12.2 Å². The molecular formula is C10H7ClN4. The van der Waals surface area contributed by atoms with Crippen molar-refractivity contribution in [2.75, 3.05) is 0 Å². The van der Waals surface area contributed by atoms with E-state index in [9.17, 15) is 0 Å². The van der Waals surface area contributed by atoms with E-state index < -0.39 is 0 Å². The fourth-order valence-corrected chi connectivity index (χ4v) is 1.43. The van der Waals surface area contributed by atoms with E-state index in [1.54, 1.807) is 16.8 Å². The third-order valence-electron chi connectivity index (χ3n) is 1.98. The highest BCUT2D eigenvalue weighted by Crippen LogP contribution is 2.11. The number of alkyl halides is 1. The number of benzene rings is 1. The molecule has 0 saturated heterocycles. The number of hydrogen-bond donors (Lipinski definition) is 0. The number of hydrogen-bond acceptors (Lipinski definition) is 3. The zero-order valence-corrected chi connectivity index (χ0v) is 8.52. The Morgan fingerprint density at radius 2 is 2.07 bits per heavy atom. The van der Waals surface area contributed by atoms with Crippen LogP contribution in [-0.2, 0) is 5.88 Å². The van der Waals surface area contributed by atoms with Crippen molar-refractivity contribution in [3.8, 4) is 11.8 Å².